The van der Waals surface area contributed by atoms with Crippen molar-refractivity contribution in [3.63, 3.8) is 0 Å². The second-order valence-electron chi connectivity index (χ2n) is 4.48. The van der Waals surface area contributed by atoms with Gasteiger partial charge >= 0.3 is 0 Å². The van der Waals surface area contributed by atoms with Crippen LogP contribution in [0, 0.1) is 6.92 Å². The lowest BCUT2D eigenvalue weighted by molar-refractivity contribution is 0.307. The Labute approximate surface area is 123 Å². The number of pyridine rings is 1. The molecule has 0 atom stereocenters. The molecule has 0 bridgehead atoms. The number of ether oxygens (including phenoxy) is 1. The first kappa shape index (κ1) is 14.5. The van der Waals surface area contributed by atoms with Gasteiger partial charge in [0.25, 0.3) is 0 Å². The van der Waals surface area contributed by atoms with Crippen molar-refractivity contribution >= 4 is 28.8 Å². The molecule has 0 aliphatic carbocycles. The maximum Gasteiger partial charge on any atom is 0.239 e. The Hall–Kier alpha value is -1.94. The standard InChI is InChI=1S/C15H18ClN3O/c1-3-9-20-15-12(17)7-8-14(19-15)18-13-6-4-5-11(16)10(13)2/h4-8H,3,9,17H2,1-2H3,(H,18,19). The minimum absolute atomic E-state index is 0.455. The molecule has 5 heteroatoms. The van der Waals surface area contributed by atoms with E-state index < -0.39 is 0 Å². The number of aromatic nitrogens is 1. The van der Waals surface area contributed by atoms with E-state index in [0.717, 1.165) is 17.7 Å². The maximum atomic E-state index is 6.10. The number of benzene rings is 1. The molecule has 106 valence electrons. The van der Waals surface area contributed by atoms with Crippen LogP contribution < -0.4 is 15.8 Å². The highest BCUT2D eigenvalue weighted by Crippen LogP contribution is 2.27. The van der Waals surface area contributed by atoms with Crippen LogP contribution >= 0.6 is 11.6 Å². The van der Waals surface area contributed by atoms with Crippen LogP contribution in [0.1, 0.15) is 18.9 Å². The molecule has 0 amide bonds. The van der Waals surface area contributed by atoms with E-state index in [4.69, 9.17) is 22.1 Å². The number of nitrogens with two attached hydrogens (primary N) is 1. The molecule has 2 rings (SSSR count). The molecular weight excluding hydrogens is 274 g/mol. The number of hydrogen-bond donors (Lipinski definition) is 2. The molecule has 0 aliphatic rings. The molecule has 0 saturated heterocycles. The van der Waals surface area contributed by atoms with Gasteiger partial charge in [0, 0.05) is 10.7 Å². The lowest BCUT2D eigenvalue weighted by Crippen LogP contribution is -2.03. The van der Waals surface area contributed by atoms with Gasteiger partial charge < -0.3 is 15.8 Å². The van der Waals surface area contributed by atoms with E-state index in [0.29, 0.717) is 29.0 Å². The van der Waals surface area contributed by atoms with Crippen LogP contribution in [0.4, 0.5) is 17.2 Å². The van der Waals surface area contributed by atoms with E-state index in [1.54, 1.807) is 6.07 Å². The third kappa shape index (κ3) is 3.33. The predicted octanol–water partition coefficient (Wildman–Crippen LogP) is 4.16. The highest BCUT2D eigenvalue weighted by Gasteiger charge is 2.07. The normalized spacial score (nSPS) is 10.3. The van der Waals surface area contributed by atoms with Gasteiger partial charge in [-0.2, -0.15) is 4.98 Å². The predicted molar refractivity (Wildman–Crippen MR) is 83.9 cm³/mol. The Morgan fingerprint density at radius 1 is 1.30 bits per heavy atom. The number of nitrogens with zero attached hydrogens (tertiary/aromatic N) is 1. The average Bonchev–Trinajstić information content (AvgIpc) is 2.44. The SMILES string of the molecule is CCCOc1nc(Nc2cccc(Cl)c2C)ccc1N. The van der Waals surface area contributed by atoms with E-state index in [-0.39, 0.29) is 0 Å². The summed E-state index contributed by atoms with van der Waals surface area (Å²) in [5, 5.41) is 3.94. The van der Waals surface area contributed by atoms with Gasteiger partial charge in [0.1, 0.15) is 5.82 Å². The zero-order valence-electron chi connectivity index (χ0n) is 11.6. The molecular formula is C15H18ClN3O. The third-order valence-electron chi connectivity index (χ3n) is 2.86. The van der Waals surface area contributed by atoms with Gasteiger partial charge in [-0.3, -0.25) is 0 Å². The lowest BCUT2D eigenvalue weighted by Gasteiger charge is -2.12. The quantitative estimate of drug-likeness (QED) is 0.868. The zero-order chi connectivity index (χ0) is 14.5. The first-order chi connectivity index (χ1) is 9.61. The molecule has 2 aromatic rings. The summed E-state index contributed by atoms with van der Waals surface area (Å²) in [4.78, 5) is 4.37. The van der Waals surface area contributed by atoms with Crippen molar-refractivity contribution in [3.8, 4) is 5.88 Å². The summed E-state index contributed by atoms with van der Waals surface area (Å²) < 4.78 is 5.52. The fourth-order valence-electron chi connectivity index (χ4n) is 1.72. The molecule has 0 unspecified atom stereocenters. The highest BCUT2D eigenvalue weighted by atomic mass is 35.5. The smallest absolute Gasteiger partial charge is 0.239 e. The van der Waals surface area contributed by atoms with Crippen molar-refractivity contribution in [2.45, 2.75) is 20.3 Å². The second kappa shape index (κ2) is 6.48. The van der Waals surface area contributed by atoms with Crippen LogP contribution in [-0.4, -0.2) is 11.6 Å². The zero-order valence-corrected chi connectivity index (χ0v) is 12.4. The summed E-state index contributed by atoms with van der Waals surface area (Å²) in [6.07, 6.45) is 0.909. The van der Waals surface area contributed by atoms with Gasteiger partial charge in [-0.25, -0.2) is 0 Å². The summed E-state index contributed by atoms with van der Waals surface area (Å²) in [6, 6.07) is 9.29. The van der Waals surface area contributed by atoms with Crippen molar-refractivity contribution in [1.82, 2.24) is 4.98 Å². The van der Waals surface area contributed by atoms with Crippen LogP contribution in [-0.2, 0) is 0 Å². The van der Waals surface area contributed by atoms with Crippen LogP contribution in [0.2, 0.25) is 5.02 Å². The van der Waals surface area contributed by atoms with E-state index in [1.165, 1.54) is 0 Å². The number of nitrogens with one attached hydrogen (secondary N) is 1. The summed E-state index contributed by atoms with van der Waals surface area (Å²) in [5.74, 6) is 1.13. The molecule has 0 radical (unpaired) electrons. The van der Waals surface area contributed by atoms with Gasteiger partial charge in [-0.1, -0.05) is 24.6 Å². The fraction of sp³-hybridized carbons (Fsp3) is 0.267. The molecule has 1 aromatic heterocycles. The number of anilines is 3. The monoisotopic (exact) mass is 291 g/mol. The molecule has 1 aromatic carbocycles. The molecule has 20 heavy (non-hydrogen) atoms. The largest absolute Gasteiger partial charge is 0.476 e. The van der Waals surface area contributed by atoms with Crippen molar-refractivity contribution in [1.29, 1.82) is 0 Å². The third-order valence-corrected chi connectivity index (χ3v) is 3.27. The molecule has 0 aliphatic heterocycles. The van der Waals surface area contributed by atoms with Crippen molar-refractivity contribution < 1.29 is 4.74 Å². The fourth-order valence-corrected chi connectivity index (χ4v) is 1.89. The van der Waals surface area contributed by atoms with Gasteiger partial charge in [0.05, 0.1) is 12.3 Å². The van der Waals surface area contributed by atoms with Crippen molar-refractivity contribution in [2.24, 2.45) is 0 Å². The van der Waals surface area contributed by atoms with E-state index >= 15 is 0 Å². The Morgan fingerprint density at radius 3 is 2.85 bits per heavy atom. The van der Waals surface area contributed by atoms with Gasteiger partial charge in [0.2, 0.25) is 5.88 Å². The highest BCUT2D eigenvalue weighted by molar-refractivity contribution is 6.31. The summed E-state index contributed by atoms with van der Waals surface area (Å²) in [6.45, 7) is 4.58. The van der Waals surface area contributed by atoms with E-state index in [9.17, 15) is 0 Å². The Bertz CT molecular complexity index is 602. The van der Waals surface area contributed by atoms with E-state index in [1.807, 2.05) is 38.1 Å². The summed E-state index contributed by atoms with van der Waals surface area (Å²) in [7, 11) is 0. The number of halogens is 1. The Morgan fingerprint density at radius 2 is 2.10 bits per heavy atom. The second-order valence-corrected chi connectivity index (χ2v) is 4.88. The topological polar surface area (TPSA) is 60.2 Å². The van der Waals surface area contributed by atoms with Crippen molar-refractivity contribution in [3.05, 3.63) is 40.9 Å². The maximum absolute atomic E-state index is 6.10. The lowest BCUT2D eigenvalue weighted by atomic mass is 10.2. The van der Waals surface area contributed by atoms with Gasteiger partial charge in [0.15, 0.2) is 0 Å². The van der Waals surface area contributed by atoms with Gasteiger partial charge in [-0.05, 0) is 43.2 Å². The molecule has 0 saturated carbocycles. The summed E-state index contributed by atoms with van der Waals surface area (Å²) >= 11 is 6.10. The van der Waals surface area contributed by atoms with Crippen LogP contribution in [0.3, 0.4) is 0 Å². The van der Waals surface area contributed by atoms with Crippen LogP contribution in [0.25, 0.3) is 0 Å². The molecule has 3 N–H and O–H groups in total. The first-order valence-corrected chi connectivity index (χ1v) is 6.91. The van der Waals surface area contributed by atoms with Crippen LogP contribution in [0.15, 0.2) is 30.3 Å². The number of rotatable bonds is 5. The molecule has 4 nitrogen and oxygen atoms in total. The Kier molecular flexibility index (Phi) is 4.69. The van der Waals surface area contributed by atoms with Crippen LogP contribution in [0.5, 0.6) is 5.88 Å². The molecule has 1 heterocycles. The average molecular weight is 292 g/mol. The van der Waals surface area contributed by atoms with Crippen molar-refractivity contribution in [2.75, 3.05) is 17.7 Å². The minimum atomic E-state index is 0.455. The number of nitrogen functional groups attached to an aromatic ring is 1. The molecule has 0 spiro atoms. The summed E-state index contributed by atoms with van der Waals surface area (Å²) in [5.41, 5.74) is 8.26. The van der Waals surface area contributed by atoms with E-state index in [2.05, 4.69) is 10.3 Å². The van der Waals surface area contributed by atoms with Gasteiger partial charge in [-0.15, -0.1) is 0 Å². The number of hydrogen-bond acceptors (Lipinski definition) is 4. The minimum Gasteiger partial charge on any atom is -0.476 e. The molecule has 0 fully saturated rings. The first-order valence-electron chi connectivity index (χ1n) is 6.53. The Balaban J connectivity index is 2.23.